The maximum absolute atomic E-state index is 11.3. The van der Waals surface area contributed by atoms with E-state index in [4.69, 9.17) is 9.47 Å². The van der Waals surface area contributed by atoms with Gasteiger partial charge in [-0.15, -0.1) is 0 Å². The standard InChI is InChI=1S/C12H23NO3/c1-10(2)9-16-8-4-6-13-7-5-11(13)12(14)15-3/h10-11H,4-9H2,1-3H3. The Morgan fingerprint density at radius 2 is 2.25 bits per heavy atom. The van der Waals surface area contributed by atoms with Crippen LogP contribution in [0.25, 0.3) is 0 Å². The number of likely N-dealkylation sites (tertiary alicyclic amines) is 1. The lowest BCUT2D eigenvalue weighted by Crippen LogP contribution is -2.53. The van der Waals surface area contributed by atoms with Crippen LogP contribution in [0.1, 0.15) is 26.7 Å². The summed E-state index contributed by atoms with van der Waals surface area (Å²) in [5.41, 5.74) is 0. The third-order valence-corrected chi connectivity index (χ3v) is 2.79. The molecular formula is C12H23NO3. The molecule has 0 aromatic rings. The Morgan fingerprint density at radius 1 is 1.50 bits per heavy atom. The van der Waals surface area contributed by atoms with Crippen molar-refractivity contribution in [2.24, 2.45) is 5.92 Å². The Morgan fingerprint density at radius 3 is 2.75 bits per heavy atom. The first-order chi connectivity index (χ1) is 7.65. The van der Waals surface area contributed by atoms with Gasteiger partial charge in [0.25, 0.3) is 0 Å². The highest BCUT2D eigenvalue weighted by Gasteiger charge is 2.34. The van der Waals surface area contributed by atoms with Gasteiger partial charge in [-0.25, -0.2) is 0 Å². The van der Waals surface area contributed by atoms with Gasteiger partial charge in [0.15, 0.2) is 0 Å². The van der Waals surface area contributed by atoms with Gasteiger partial charge >= 0.3 is 5.97 Å². The van der Waals surface area contributed by atoms with Crippen LogP contribution in [0.5, 0.6) is 0 Å². The van der Waals surface area contributed by atoms with Gasteiger partial charge in [-0.1, -0.05) is 13.8 Å². The molecule has 4 nitrogen and oxygen atoms in total. The molecule has 0 N–H and O–H groups in total. The van der Waals surface area contributed by atoms with Gasteiger partial charge < -0.3 is 9.47 Å². The van der Waals surface area contributed by atoms with E-state index in [1.54, 1.807) is 0 Å². The second kappa shape index (κ2) is 6.86. The summed E-state index contributed by atoms with van der Waals surface area (Å²) < 4.78 is 10.2. The number of esters is 1. The minimum Gasteiger partial charge on any atom is -0.468 e. The average Bonchev–Trinajstić information content (AvgIpc) is 2.20. The first-order valence-electron chi connectivity index (χ1n) is 6.04. The molecule has 1 aliphatic heterocycles. The number of nitrogens with zero attached hydrogens (tertiary/aromatic N) is 1. The van der Waals surface area contributed by atoms with Gasteiger partial charge in [0.05, 0.1) is 7.11 Å². The molecule has 0 aromatic carbocycles. The van der Waals surface area contributed by atoms with Crippen molar-refractivity contribution in [3.63, 3.8) is 0 Å². The molecule has 0 radical (unpaired) electrons. The Hall–Kier alpha value is -0.610. The fourth-order valence-corrected chi connectivity index (χ4v) is 1.80. The predicted octanol–water partition coefficient (Wildman–Crippen LogP) is 1.30. The molecule has 4 heteroatoms. The van der Waals surface area contributed by atoms with E-state index in [1.807, 2.05) is 0 Å². The summed E-state index contributed by atoms with van der Waals surface area (Å²) >= 11 is 0. The second-order valence-electron chi connectivity index (χ2n) is 4.69. The summed E-state index contributed by atoms with van der Waals surface area (Å²) in [5, 5.41) is 0. The van der Waals surface area contributed by atoms with E-state index in [1.165, 1.54) is 7.11 Å². The summed E-state index contributed by atoms with van der Waals surface area (Å²) in [4.78, 5) is 13.4. The molecule has 1 aliphatic rings. The summed E-state index contributed by atoms with van der Waals surface area (Å²) in [5.74, 6) is 0.487. The van der Waals surface area contributed by atoms with Crippen molar-refractivity contribution in [2.75, 3.05) is 33.4 Å². The molecule has 1 unspecified atom stereocenters. The number of methoxy groups -OCH3 is 1. The SMILES string of the molecule is COC(=O)C1CCN1CCCOCC(C)C. The normalized spacial score (nSPS) is 20.9. The number of carbonyl (C=O) groups is 1. The zero-order valence-electron chi connectivity index (χ0n) is 10.6. The highest BCUT2D eigenvalue weighted by Crippen LogP contribution is 2.18. The highest BCUT2D eigenvalue weighted by molar-refractivity contribution is 5.76. The molecule has 0 amide bonds. The highest BCUT2D eigenvalue weighted by atomic mass is 16.5. The molecule has 1 fully saturated rings. The van der Waals surface area contributed by atoms with Gasteiger partial charge in [-0.05, 0) is 18.8 Å². The number of rotatable bonds is 7. The smallest absolute Gasteiger partial charge is 0.323 e. The molecule has 0 bridgehead atoms. The third-order valence-electron chi connectivity index (χ3n) is 2.79. The third kappa shape index (κ3) is 4.10. The Labute approximate surface area is 97.9 Å². The molecule has 16 heavy (non-hydrogen) atoms. The molecule has 0 spiro atoms. The van der Waals surface area contributed by atoms with Crippen LogP contribution in [-0.2, 0) is 14.3 Å². The fourth-order valence-electron chi connectivity index (χ4n) is 1.80. The van der Waals surface area contributed by atoms with Crippen LogP contribution in [0, 0.1) is 5.92 Å². The predicted molar refractivity (Wildman–Crippen MR) is 62.3 cm³/mol. The van der Waals surface area contributed by atoms with Crippen molar-refractivity contribution in [1.29, 1.82) is 0 Å². The van der Waals surface area contributed by atoms with E-state index in [9.17, 15) is 4.79 Å². The van der Waals surface area contributed by atoms with Crippen LogP contribution in [0.15, 0.2) is 0 Å². The first-order valence-corrected chi connectivity index (χ1v) is 6.04. The molecular weight excluding hydrogens is 206 g/mol. The molecule has 0 saturated carbocycles. The lowest BCUT2D eigenvalue weighted by atomic mass is 10.0. The van der Waals surface area contributed by atoms with Crippen LogP contribution in [0.3, 0.4) is 0 Å². The minimum absolute atomic E-state index is 0.00454. The summed E-state index contributed by atoms with van der Waals surface area (Å²) in [7, 11) is 1.45. The Kier molecular flexibility index (Phi) is 5.77. The van der Waals surface area contributed by atoms with Crippen molar-refractivity contribution in [2.45, 2.75) is 32.7 Å². The summed E-state index contributed by atoms with van der Waals surface area (Å²) in [6, 6.07) is -0.00454. The van der Waals surface area contributed by atoms with E-state index < -0.39 is 0 Å². The summed E-state index contributed by atoms with van der Waals surface area (Å²) in [6.07, 6.45) is 1.92. The van der Waals surface area contributed by atoms with Crippen molar-refractivity contribution in [3.05, 3.63) is 0 Å². The van der Waals surface area contributed by atoms with Gasteiger partial charge in [0.2, 0.25) is 0 Å². The van der Waals surface area contributed by atoms with Crippen LogP contribution < -0.4 is 0 Å². The van der Waals surface area contributed by atoms with Gasteiger partial charge in [-0.3, -0.25) is 9.69 Å². The lowest BCUT2D eigenvalue weighted by molar-refractivity contribution is -0.152. The number of hydrogen-bond acceptors (Lipinski definition) is 4. The zero-order valence-corrected chi connectivity index (χ0v) is 10.6. The van der Waals surface area contributed by atoms with E-state index in [0.717, 1.165) is 39.1 Å². The van der Waals surface area contributed by atoms with E-state index >= 15 is 0 Å². The van der Waals surface area contributed by atoms with E-state index in [0.29, 0.717) is 5.92 Å². The van der Waals surface area contributed by atoms with Crippen LogP contribution in [0.2, 0.25) is 0 Å². The zero-order chi connectivity index (χ0) is 12.0. The van der Waals surface area contributed by atoms with Crippen molar-refractivity contribution >= 4 is 5.97 Å². The van der Waals surface area contributed by atoms with Crippen molar-refractivity contribution < 1.29 is 14.3 Å². The van der Waals surface area contributed by atoms with Gasteiger partial charge in [0, 0.05) is 26.3 Å². The van der Waals surface area contributed by atoms with Gasteiger partial charge in [-0.2, -0.15) is 0 Å². The Bertz CT molecular complexity index is 218. The van der Waals surface area contributed by atoms with E-state index in [2.05, 4.69) is 18.7 Å². The number of hydrogen-bond donors (Lipinski definition) is 0. The first kappa shape index (κ1) is 13.5. The average molecular weight is 229 g/mol. The van der Waals surface area contributed by atoms with Crippen LogP contribution >= 0.6 is 0 Å². The van der Waals surface area contributed by atoms with Crippen LogP contribution in [-0.4, -0.2) is 50.3 Å². The molecule has 1 atom stereocenters. The second-order valence-corrected chi connectivity index (χ2v) is 4.69. The van der Waals surface area contributed by atoms with Gasteiger partial charge in [0.1, 0.15) is 6.04 Å². The number of ether oxygens (including phenoxy) is 2. The monoisotopic (exact) mass is 229 g/mol. The summed E-state index contributed by atoms with van der Waals surface area (Å²) in [6.45, 7) is 7.82. The number of carbonyl (C=O) groups excluding carboxylic acids is 1. The van der Waals surface area contributed by atoms with E-state index in [-0.39, 0.29) is 12.0 Å². The quantitative estimate of drug-likeness (QED) is 0.487. The topological polar surface area (TPSA) is 38.8 Å². The Balaban J connectivity index is 2.03. The molecule has 1 rings (SSSR count). The van der Waals surface area contributed by atoms with Crippen molar-refractivity contribution in [3.8, 4) is 0 Å². The lowest BCUT2D eigenvalue weighted by Gasteiger charge is -2.38. The maximum Gasteiger partial charge on any atom is 0.323 e. The van der Waals surface area contributed by atoms with Crippen LogP contribution in [0.4, 0.5) is 0 Å². The molecule has 1 heterocycles. The molecule has 1 saturated heterocycles. The molecule has 0 aliphatic carbocycles. The molecule has 0 aromatic heterocycles. The minimum atomic E-state index is -0.102. The van der Waals surface area contributed by atoms with Crippen molar-refractivity contribution in [1.82, 2.24) is 4.90 Å². The largest absolute Gasteiger partial charge is 0.468 e. The fraction of sp³-hybridized carbons (Fsp3) is 0.917. The molecule has 94 valence electrons. The maximum atomic E-state index is 11.3.